The van der Waals surface area contributed by atoms with Gasteiger partial charge in [-0.3, -0.25) is 4.79 Å². The van der Waals surface area contributed by atoms with Crippen LogP contribution < -0.4 is 0 Å². The predicted molar refractivity (Wildman–Crippen MR) is 69.2 cm³/mol. The van der Waals surface area contributed by atoms with Gasteiger partial charge in [-0.25, -0.2) is 9.18 Å². The number of nitrogens with zero attached hydrogens (tertiary/aromatic N) is 2. The minimum Gasteiger partial charge on any atom is -0.509 e. The van der Waals surface area contributed by atoms with Gasteiger partial charge in [0.2, 0.25) is 5.70 Å². The highest BCUT2D eigenvalue weighted by Crippen LogP contribution is 2.19. The highest BCUT2D eigenvalue weighted by atomic mass is 19.1. The summed E-state index contributed by atoms with van der Waals surface area (Å²) >= 11 is 0. The molecule has 0 aliphatic rings. The number of aliphatic hydroxyl groups excluding tert-OH is 1. The normalized spacial score (nSPS) is 12.0. The number of aliphatic hydroxyl groups is 1. The topological polar surface area (TPSA) is 97.5 Å². The van der Waals surface area contributed by atoms with E-state index < -0.39 is 35.6 Å². The third-order valence-corrected chi connectivity index (χ3v) is 2.30. The quantitative estimate of drug-likeness (QED) is 0.389. The van der Waals surface area contributed by atoms with Crippen molar-refractivity contribution >= 4 is 17.6 Å². The Hall–Kier alpha value is -2.77. The molecular formula is C13H13FN2O5. The van der Waals surface area contributed by atoms with Crippen molar-refractivity contribution in [1.29, 1.82) is 0 Å². The molecule has 0 amide bonds. The minimum atomic E-state index is -1.02. The number of azo groups is 1. The molecule has 0 aromatic heterocycles. The van der Waals surface area contributed by atoms with E-state index in [0.29, 0.717) is 0 Å². The molecule has 0 aliphatic heterocycles. The summed E-state index contributed by atoms with van der Waals surface area (Å²) in [7, 11) is 2.18. The number of esters is 2. The van der Waals surface area contributed by atoms with Crippen LogP contribution in [-0.4, -0.2) is 31.3 Å². The van der Waals surface area contributed by atoms with Crippen molar-refractivity contribution in [2.75, 3.05) is 14.2 Å². The van der Waals surface area contributed by atoms with Crippen LogP contribution in [0.2, 0.25) is 0 Å². The number of hydrogen-bond acceptors (Lipinski definition) is 7. The van der Waals surface area contributed by atoms with E-state index in [1.807, 2.05) is 0 Å². The molecule has 0 radical (unpaired) electrons. The van der Waals surface area contributed by atoms with Gasteiger partial charge in [0.05, 0.1) is 14.2 Å². The average molecular weight is 296 g/mol. The fraction of sp³-hybridized carbons (Fsp3) is 0.231. The molecule has 0 heterocycles. The van der Waals surface area contributed by atoms with Crippen molar-refractivity contribution < 1.29 is 28.6 Å². The molecule has 0 unspecified atom stereocenters. The average Bonchev–Trinajstić information content (AvgIpc) is 2.48. The van der Waals surface area contributed by atoms with Crippen molar-refractivity contribution in [2.45, 2.75) is 6.42 Å². The molecule has 8 heteroatoms. The second-order valence-electron chi connectivity index (χ2n) is 3.69. The van der Waals surface area contributed by atoms with E-state index in [2.05, 4.69) is 19.7 Å². The zero-order chi connectivity index (χ0) is 15.8. The van der Waals surface area contributed by atoms with Crippen LogP contribution in [0.15, 0.2) is 46.0 Å². The monoisotopic (exact) mass is 296 g/mol. The van der Waals surface area contributed by atoms with Gasteiger partial charge < -0.3 is 14.6 Å². The van der Waals surface area contributed by atoms with Gasteiger partial charge in [0.15, 0.2) is 5.82 Å². The van der Waals surface area contributed by atoms with E-state index in [4.69, 9.17) is 0 Å². The number of carbonyl (C=O) groups is 2. The van der Waals surface area contributed by atoms with E-state index in [0.717, 1.165) is 20.3 Å². The summed E-state index contributed by atoms with van der Waals surface area (Å²) < 4.78 is 22.1. The Bertz CT molecular complexity index is 598. The van der Waals surface area contributed by atoms with Crippen LogP contribution in [0.1, 0.15) is 6.42 Å². The predicted octanol–water partition coefficient (Wildman–Crippen LogP) is 2.42. The summed E-state index contributed by atoms with van der Waals surface area (Å²) in [5, 5.41) is 16.6. The van der Waals surface area contributed by atoms with Crippen LogP contribution in [0.25, 0.3) is 0 Å². The summed E-state index contributed by atoms with van der Waals surface area (Å²) in [6, 6.07) is 5.46. The third-order valence-electron chi connectivity index (χ3n) is 2.30. The molecule has 1 aromatic rings. The first kappa shape index (κ1) is 16.3. The highest BCUT2D eigenvalue weighted by molar-refractivity contribution is 5.89. The van der Waals surface area contributed by atoms with Gasteiger partial charge in [-0.1, -0.05) is 12.1 Å². The lowest BCUT2D eigenvalue weighted by Crippen LogP contribution is -2.09. The van der Waals surface area contributed by atoms with E-state index in [9.17, 15) is 19.1 Å². The van der Waals surface area contributed by atoms with Gasteiger partial charge in [-0.2, -0.15) is 0 Å². The standard InChI is InChI=1S/C13H13FN2O5/c1-20-11(18)7-10(17)12(13(19)21-2)16-15-9-6-4-3-5-8(9)14/h3-6,17H,7H2,1-2H3/b12-10+,16-15?. The zero-order valence-corrected chi connectivity index (χ0v) is 11.4. The Balaban J connectivity index is 3.10. The number of methoxy groups -OCH3 is 2. The Morgan fingerprint density at radius 3 is 2.48 bits per heavy atom. The summed E-state index contributed by atoms with van der Waals surface area (Å²) in [6.07, 6.45) is -0.586. The van der Waals surface area contributed by atoms with Crippen LogP contribution in [0.3, 0.4) is 0 Å². The number of carbonyl (C=O) groups excluding carboxylic acids is 2. The molecule has 0 saturated heterocycles. The Kier molecular flexibility index (Phi) is 5.99. The fourth-order valence-corrected chi connectivity index (χ4v) is 1.24. The second kappa shape index (κ2) is 7.73. The second-order valence-corrected chi connectivity index (χ2v) is 3.69. The summed E-state index contributed by atoms with van der Waals surface area (Å²) in [4.78, 5) is 22.6. The maximum Gasteiger partial charge on any atom is 0.362 e. The van der Waals surface area contributed by atoms with Crippen molar-refractivity contribution in [3.05, 3.63) is 41.5 Å². The first-order chi connectivity index (χ1) is 9.99. The molecule has 1 aromatic carbocycles. The fourth-order valence-electron chi connectivity index (χ4n) is 1.24. The largest absolute Gasteiger partial charge is 0.509 e. The molecule has 1 rings (SSSR count). The summed E-state index contributed by atoms with van der Waals surface area (Å²) in [5.74, 6) is -3.14. The molecule has 0 aliphatic carbocycles. The number of hydrogen-bond donors (Lipinski definition) is 1. The number of benzene rings is 1. The maximum atomic E-state index is 13.4. The smallest absolute Gasteiger partial charge is 0.362 e. The van der Waals surface area contributed by atoms with Crippen molar-refractivity contribution in [1.82, 2.24) is 0 Å². The lowest BCUT2D eigenvalue weighted by Gasteiger charge is -2.03. The van der Waals surface area contributed by atoms with Gasteiger partial charge in [-0.05, 0) is 12.1 Å². The molecule has 0 saturated carbocycles. The molecule has 0 atom stereocenters. The first-order valence-electron chi connectivity index (χ1n) is 5.73. The van der Waals surface area contributed by atoms with Gasteiger partial charge in [0.1, 0.15) is 17.9 Å². The maximum absolute atomic E-state index is 13.4. The molecule has 0 bridgehead atoms. The van der Waals surface area contributed by atoms with Crippen LogP contribution in [0, 0.1) is 5.82 Å². The van der Waals surface area contributed by atoms with Crippen LogP contribution >= 0.6 is 0 Å². The molecule has 1 N–H and O–H groups in total. The number of ether oxygens (including phenoxy) is 2. The van der Waals surface area contributed by atoms with Crippen LogP contribution in [0.5, 0.6) is 0 Å². The highest BCUT2D eigenvalue weighted by Gasteiger charge is 2.18. The Morgan fingerprint density at radius 2 is 1.90 bits per heavy atom. The molecule has 112 valence electrons. The molecule has 0 fully saturated rings. The van der Waals surface area contributed by atoms with E-state index in [-0.39, 0.29) is 5.69 Å². The van der Waals surface area contributed by atoms with Gasteiger partial charge in [-0.15, -0.1) is 10.2 Å². The lowest BCUT2D eigenvalue weighted by molar-refractivity contribution is -0.140. The van der Waals surface area contributed by atoms with Crippen molar-refractivity contribution in [3.63, 3.8) is 0 Å². The van der Waals surface area contributed by atoms with E-state index in [1.54, 1.807) is 0 Å². The molecule has 21 heavy (non-hydrogen) atoms. The Labute approximate surface area is 119 Å². The number of rotatable bonds is 5. The van der Waals surface area contributed by atoms with Gasteiger partial charge in [0, 0.05) is 0 Å². The third kappa shape index (κ3) is 4.68. The molecule has 7 nitrogen and oxygen atoms in total. The minimum absolute atomic E-state index is 0.134. The van der Waals surface area contributed by atoms with Crippen molar-refractivity contribution in [3.8, 4) is 0 Å². The van der Waals surface area contributed by atoms with E-state index >= 15 is 0 Å². The number of halogens is 1. The van der Waals surface area contributed by atoms with Gasteiger partial charge in [0.25, 0.3) is 0 Å². The van der Waals surface area contributed by atoms with Crippen LogP contribution in [0.4, 0.5) is 10.1 Å². The SMILES string of the molecule is COC(=O)C/C(O)=C(\N=Nc1ccccc1F)C(=O)OC. The summed E-state index contributed by atoms with van der Waals surface area (Å²) in [5.41, 5.74) is -0.740. The lowest BCUT2D eigenvalue weighted by atomic mass is 10.3. The summed E-state index contributed by atoms with van der Waals surface area (Å²) in [6.45, 7) is 0. The Morgan fingerprint density at radius 1 is 1.24 bits per heavy atom. The molecular weight excluding hydrogens is 283 g/mol. The van der Waals surface area contributed by atoms with Crippen molar-refractivity contribution in [2.24, 2.45) is 10.2 Å². The zero-order valence-electron chi connectivity index (χ0n) is 11.4. The first-order valence-corrected chi connectivity index (χ1v) is 5.73. The van der Waals surface area contributed by atoms with Crippen LogP contribution in [-0.2, 0) is 19.1 Å². The molecule has 0 spiro atoms. The van der Waals surface area contributed by atoms with E-state index in [1.165, 1.54) is 18.2 Å². The van der Waals surface area contributed by atoms with Gasteiger partial charge >= 0.3 is 11.9 Å².